The second-order valence-corrected chi connectivity index (χ2v) is 12.6. The van der Waals surface area contributed by atoms with Crippen LogP contribution in [0.3, 0.4) is 0 Å². The number of ketones is 1. The number of hydrogen-bond donors (Lipinski definition) is 0. The van der Waals surface area contributed by atoms with E-state index in [9.17, 15) is 14.4 Å². The molecule has 4 aliphatic rings. The van der Waals surface area contributed by atoms with E-state index >= 15 is 0 Å². The predicted molar refractivity (Wildman–Crippen MR) is 134 cm³/mol. The van der Waals surface area contributed by atoms with E-state index in [0.29, 0.717) is 0 Å². The molecule has 8 atom stereocenters. The van der Waals surface area contributed by atoms with Crippen LogP contribution >= 0.6 is 0 Å². The smallest absolute Gasteiger partial charge is 0.303 e. The number of ether oxygens (including phenoxy) is 2. The molecule has 0 aliphatic heterocycles. The molecule has 1 aromatic heterocycles. The molecule has 5 rings (SSSR count). The minimum absolute atomic E-state index is 0.00746. The zero-order valence-corrected chi connectivity index (χ0v) is 22.4. The van der Waals surface area contributed by atoms with Gasteiger partial charge in [-0.3, -0.25) is 14.4 Å². The molecule has 1 heterocycles. The molecule has 36 heavy (non-hydrogen) atoms. The van der Waals surface area contributed by atoms with Gasteiger partial charge in [-0.15, -0.1) is 0 Å². The van der Waals surface area contributed by atoms with E-state index in [0.717, 1.165) is 19.3 Å². The highest BCUT2D eigenvalue weighted by Gasteiger charge is 2.72. The van der Waals surface area contributed by atoms with Crippen molar-refractivity contribution in [1.29, 1.82) is 0 Å². The molecule has 0 spiro atoms. The van der Waals surface area contributed by atoms with Crippen LogP contribution in [0.25, 0.3) is 0 Å². The summed E-state index contributed by atoms with van der Waals surface area (Å²) in [5, 5.41) is 0. The van der Waals surface area contributed by atoms with Crippen LogP contribution in [-0.2, 0) is 23.9 Å². The summed E-state index contributed by atoms with van der Waals surface area (Å²) in [5.74, 6) is -0.808. The van der Waals surface area contributed by atoms with E-state index in [1.54, 1.807) is 12.3 Å². The third-order valence-electron chi connectivity index (χ3n) is 10.4. The summed E-state index contributed by atoms with van der Waals surface area (Å²) in [7, 11) is 0. The van der Waals surface area contributed by atoms with E-state index in [2.05, 4.69) is 32.9 Å². The zero-order chi connectivity index (χ0) is 26.3. The maximum absolute atomic E-state index is 13.2. The first kappa shape index (κ1) is 25.0. The molecule has 1 aromatic rings. The first-order valence-corrected chi connectivity index (χ1v) is 13.1. The van der Waals surface area contributed by atoms with E-state index < -0.39 is 40.4 Å². The van der Waals surface area contributed by atoms with Crippen LogP contribution in [0.4, 0.5) is 0 Å². The topological polar surface area (TPSA) is 82.8 Å². The Hall–Kier alpha value is -2.63. The number of fused-ring (bicyclic) bond motifs is 5. The Labute approximate surface area is 213 Å². The highest BCUT2D eigenvalue weighted by Crippen LogP contribution is 2.73. The van der Waals surface area contributed by atoms with E-state index in [1.165, 1.54) is 25.0 Å². The highest BCUT2D eigenvalue weighted by molar-refractivity contribution is 5.96. The van der Waals surface area contributed by atoms with Gasteiger partial charge in [0.2, 0.25) is 0 Å². The van der Waals surface area contributed by atoms with Gasteiger partial charge in [-0.05, 0) is 59.6 Å². The number of carbonyl (C=O) groups excluding carboxylic acids is 3. The first-order chi connectivity index (χ1) is 16.8. The normalized spacial score (nSPS) is 42.6. The highest BCUT2D eigenvalue weighted by atomic mass is 16.6. The van der Waals surface area contributed by atoms with Gasteiger partial charge in [0.15, 0.2) is 5.78 Å². The monoisotopic (exact) mass is 494 g/mol. The summed E-state index contributed by atoms with van der Waals surface area (Å²) in [4.78, 5) is 38.2. The maximum atomic E-state index is 13.2. The van der Waals surface area contributed by atoms with Crippen LogP contribution in [0.15, 0.2) is 46.8 Å². The second-order valence-electron chi connectivity index (χ2n) is 12.6. The van der Waals surface area contributed by atoms with Crippen LogP contribution in [-0.4, -0.2) is 29.9 Å². The standard InChI is InChI=1S/C30H38O6/c1-17(31)35-24-25-27(3,4)23(33)11-14-29(25,6)22-10-13-28(5)20(19-12-15-34-16-19)8-9-21(28)30(22,7)26(24)36-18(2)32/h9,11-12,14-16,20,22,24-26H,8,10,13H2,1-7H3/t20?,22?,24-,25?,26?,28+,29+,30-/m0/s1. The van der Waals surface area contributed by atoms with Crippen LogP contribution in [0.2, 0.25) is 0 Å². The van der Waals surface area contributed by atoms with E-state index in [-0.39, 0.29) is 29.0 Å². The van der Waals surface area contributed by atoms with Crippen molar-refractivity contribution in [1.82, 2.24) is 0 Å². The molecule has 0 amide bonds. The zero-order valence-electron chi connectivity index (χ0n) is 22.4. The number of allylic oxidation sites excluding steroid dienone is 3. The summed E-state index contributed by atoms with van der Waals surface area (Å²) < 4.78 is 17.7. The van der Waals surface area contributed by atoms with Crippen LogP contribution in [0, 0.1) is 33.5 Å². The van der Waals surface area contributed by atoms with Gasteiger partial charge >= 0.3 is 11.9 Å². The summed E-state index contributed by atoms with van der Waals surface area (Å²) in [6.07, 6.45) is 11.0. The number of hydrogen-bond acceptors (Lipinski definition) is 6. The van der Waals surface area contributed by atoms with E-state index in [4.69, 9.17) is 13.9 Å². The van der Waals surface area contributed by atoms with Gasteiger partial charge in [-0.25, -0.2) is 0 Å². The summed E-state index contributed by atoms with van der Waals surface area (Å²) in [5.41, 5.74) is 0.496. The van der Waals surface area contributed by atoms with Gasteiger partial charge in [0.1, 0.15) is 12.2 Å². The van der Waals surface area contributed by atoms with Crippen molar-refractivity contribution < 1.29 is 28.3 Å². The quantitative estimate of drug-likeness (QED) is 0.391. The lowest BCUT2D eigenvalue weighted by molar-refractivity contribution is -0.237. The van der Waals surface area contributed by atoms with E-state index in [1.807, 2.05) is 26.2 Å². The van der Waals surface area contributed by atoms with Crippen LogP contribution in [0.5, 0.6) is 0 Å². The molecule has 2 fully saturated rings. The molecule has 0 radical (unpaired) electrons. The molecule has 0 saturated heterocycles. The molecule has 194 valence electrons. The van der Waals surface area contributed by atoms with Crippen molar-refractivity contribution in [3.8, 4) is 0 Å². The predicted octanol–water partition coefficient (Wildman–Crippen LogP) is 5.78. The molecule has 0 aromatic carbocycles. The molecule has 0 bridgehead atoms. The molecular formula is C30H38O6. The van der Waals surface area contributed by atoms with Crippen molar-refractivity contribution in [3.05, 3.63) is 48.0 Å². The number of rotatable bonds is 3. The average molecular weight is 495 g/mol. The third-order valence-corrected chi connectivity index (χ3v) is 10.4. The Kier molecular flexibility index (Phi) is 5.52. The van der Waals surface area contributed by atoms with Crippen molar-refractivity contribution >= 4 is 17.7 Å². The SMILES string of the molecule is CC(=O)OC1[C@@H](OC(C)=O)C2C(C)(C)C(=O)C=C[C@]2(C)C2CC[C@@]3(C)C(=CCC3c3ccoc3)[C@]12C. The van der Waals surface area contributed by atoms with Crippen LogP contribution < -0.4 is 0 Å². The van der Waals surface area contributed by atoms with Gasteiger partial charge < -0.3 is 13.9 Å². The molecule has 4 aliphatic carbocycles. The fourth-order valence-electron chi connectivity index (χ4n) is 9.09. The number of carbonyl (C=O) groups is 3. The lowest BCUT2D eigenvalue weighted by Gasteiger charge is -2.67. The van der Waals surface area contributed by atoms with Gasteiger partial charge in [-0.1, -0.05) is 52.3 Å². The Bertz CT molecular complexity index is 1160. The average Bonchev–Trinajstić information content (AvgIpc) is 3.41. The first-order valence-electron chi connectivity index (χ1n) is 13.1. The largest absolute Gasteiger partial charge is 0.472 e. The third kappa shape index (κ3) is 3.18. The lowest BCUT2D eigenvalue weighted by atomic mass is 9.37. The summed E-state index contributed by atoms with van der Waals surface area (Å²) in [6.45, 7) is 13.4. The summed E-state index contributed by atoms with van der Waals surface area (Å²) >= 11 is 0. The van der Waals surface area contributed by atoms with Gasteiger partial charge in [-0.2, -0.15) is 0 Å². The molecule has 0 N–H and O–H groups in total. The van der Waals surface area contributed by atoms with Crippen LogP contribution in [0.1, 0.15) is 79.2 Å². The Morgan fingerprint density at radius 2 is 1.75 bits per heavy atom. The van der Waals surface area contributed by atoms with Gasteiger partial charge in [0.05, 0.1) is 12.5 Å². The fourth-order valence-corrected chi connectivity index (χ4v) is 9.09. The second kappa shape index (κ2) is 7.93. The lowest BCUT2D eigenvalue weighted by Crippen LogP contribution is -2.70. The Balaban J connectivity index is 1.73. The Morgan fingerprint density at radius 1 is 1.06 bits per heavy atom. The van der Waals surface area contributed by atoms with Crippen molar-refractivity contribution in [2.75, 3.05) is 0 Å². The van der Waals surface area contributed by atoms with Gasteiger partial charge in [0, 0.05) is 30.6 Å². The molecule has 2 saturated carbocycles. The van der Waals surface area contributed by atoms with Gasteiger partial charge in [0.25, 0.3) is 0 Å². The van der Waals surface area contributed by atoms with Crippen molar-refractivity contribution in [2.45, 2.75) is 85.9 Å². The maximum Gasteiger partial charge on any atom is 0.303 e. The molecule has 6 heteroatoms. The Morgan fingerprint density at radius 3 is 2.36 bits per heavy atom. The minimum atomic E-state index is -0.784. The van der Waals surface area contributed by atoms with Crippen molar-refractivity contribution in [3.63, 3.8) is 0 Å². The molecule has 6 nitrogen and oxygen atoms in total. The molecule has 4 unspecified atom stereocenters. The molecular weight excluding hydrogens is 456 g/mol. The minimum Gasteiger partial charge on any atom is -0.472 e. The fraction of sp³-hybridized carbons (Fsp3) is 0.633. The van der Waals surface area contributed by atoms with Crippen molar-refractivity contribution in [2.24, 2.45) is 33.5 Å². The summed E-state index contributed by atoms with van der Waals surface area (Å²) in [6, 6.07) is 2.04. The number of furan rings is 1. The number of esters is 2.